The molecule has 1 amide bonds. The number of nitrogens with zero attached hydrogens (tertiary/aromatic N) is 1. The number of carbonyl (C=O) groups excluding carboxylic acids is 1. The van der Waals surface area contributed by atoms with Gasteiger partial charge in [-0.25, -0.2) is 0 Å². The molecule has 0 spiro atoms. The minimum absolute atomic E-state index is 0.0861. The van der Waals surface area contributed by atoms with E-state index in [-0.39, 0.29) is 17.6 Å². The molecule has 1 aromatic heterocycles. The summed E-state index contributed by atoms with van der Waals surface area (Å²) < 4.78 is 6.98. The summed E-state index contributed by atoms with van der Waals surface area (Å²) in [5.74, 6) is -0.210. The second-order valence-corrected chi connectivity index (χ2v) is 6.23. The fraction of sp³-hybridized carbons (Fsp3) is 0.333. The molecule has 2 aromatic rings. The minimum atomic E-state index is -0.210. The van der Waals surface area contributed by atoms with Gasteiger partial charge in [-0.3, -0.25) is 9.59 Å². The van der Waals surface area contributed by atoms with Crippen LogP contribution in [0.5, 0.6) is 0 Å². The lowest BCUT2D eigenvalue weighted by molar-refractivity contribution is 0.0857. The Morgan fingerprint density at radius 1 is 1.29 bits per heavy atom. The number of hydrogen-bond acceptors (Lipinski definition) is 3. The van der Waals surface area contributed by atoms with Crippen molar-refractivity contribution in [2.75, 3.05) is 13.2 Å². The summed E-state index contributed by atoms with van der Waals surface area (Å²) in [6.45, 7) is 1.57. The maximum atomic E-state index is 12.3. The summed E-state index contributed by atoms with van der Waals surface area (Å²) >= 11 is 6.14. The van der Waals surface area contributed by atoms with Gasteiger partial charge >= 0.3 is 0 Å². The van der Waals surface area contributed by atoms with E-state index < -0.39 is 0 Å². The highest BCUT2D eigenvalue weighted by atomic mass is 35.5. The number of carbonyl (C=O) groups is 1. The Kier molecular flexibility index (Phi) is 5.33. The summed E-state index contributed by atoms with van der Waals surface area (Å²) in [4.78, 5) is 24.3. The Labute approximate surface area is 145 Å². The number of ether oxygens (including phenoxy) is 1. The molecule has 3 rings (SSSR count). The molecular formula is C18H19ClN2O3. The third-order valence-corrected chi connectivity index (χ3v) is 4.43. The first-order valence-corrected chi connectivity index (χ1v) is 8.35. The number of amides is 1. The SMILES string of the molecule is O=C(NCC1CCCO1)c1ccc(=O)n(Cc2ccccc2Cl)c1. The Morgan fingerprint density at radius 3 is 2.88 bits per heavy atom. The Morgan fingerprint density at radius 2 is 2.12 bits per heavy atom. The maximum absolute atomic E-state index is 12.3. The number of halogens is 1. The van der Waals surface area contributed by atoms with Crippen LogP contribution in [0.4, 0.5) is 0 Å². The molecule has 0 bridgehead atoms. The molecule has 2 heterocycles. The Bertz CT molecular complexity index is 782. The zero-order valence-corrected chi connectivity index (χ0v) is 14.0. The van der Waals surface area contributed by atoms with E-state index >= 15 is 0 Å². The van der Waals surface area contributed by atoms with E-state index in [1.165, 1.54) is 16.7 Å². The second kappa shape index (κ2) is 7.64. The van der Waals surface area contributed by atoms with Gasteiger partial charge in [0.2, 0.25) is 0 Å². The van der Waals surface area contributed by atoms with Gasteiger partial charge in [0, 0.05) is 30.4 Å². The van der Waals surface area contributed by atoms with Gasteiger partial charge in [-0.2, -0.15) is 0 Å². The van der Waals surface area contributed by atoms with Crippen LogP contribution < -0.4 is 10.9 Å². The molecule has 1 fully saturated rings. The smallest absolute Gasteiger partial charge is 0.252 e. The fourth-order valence-corrected chi connectivity index (χ4v) is 2.91. The molecule has 0 saturated carbocycles. The molecule has 1 atom stereocenters. The number of nitrogens with one attached hydrogen (secondary N) is 1. The number of rotatable bonds is 5. The molecule has 5 nitrogen and oxygen atoms in total. The van der Waals surface area contributed by atoms with Crippen LogP contribution in [0.15, 0.2) is 47.4 Å². The van der Waals surface area contributed by atoms with Gasteiger partial charge in [0.15, 0.2) is 0 Å². The largest absolute Gasteiger partial charge is 0.376 e. The van der Waals surface area contributed by atoms with Crippen molar-refractivity contribution in [2.45, 2.75) is 25.5 Å². The molecule has 24 heavy (non-hydrogen) atoms. The number of hydrogen-bond donors (Lipinski definition) is 1. The van der Waals surface area contributed by atoms with Crippen LogP contribution in [0.2, 0.25) is 5.02 Å². The number of pyridine rings is 1. The molecule has 0 aliphatic carbocycles. The van der Waals surface area contributed by atoms with Crippen molar-refractivity contribution in [3.8, 4) is 0 Å². The molecule has 0 radical (unpaired) electrons. The highest BCUT2D eigenvalue weighted by Gasteiger charge is 2.17. The summed E-state index contributed by atoms with van der Waals surface area (Å²) in [6.07, 6.45) is 3.65. The van der Waals surface area contributed by atoms with E-state index in [1.807, 2.05) is 18.2 Å². The molecule has 6 heteroatoms. The van der Waals surface area contributed by atoms with Gasteiger partial charge in [0.25, 0.3) is 11.5 Å². The van der Waals surface area contributed by atoms with Crippen molar-refractivity contribution in [1.82, 2.24) is 9.88 Å². The summed E-state index contributed by atoms with van der Waals surface area (Å²) in [5.41, 5.74) is 1.10. The number of benzene rings is 1. The Balaban J connectivity index is 1.72. The van der Waals surface area contributed by atoms with Gasteiger partial charge in [-0.05, 0) is 30.5 Å². The quantitative estimate of drug-likeness (QED) is 0.904. The van der Waals surface area contributed by atoms with E-state index in [9.17, 15) is 9.59 Å². The van der Waals surface area contributed by atoms with Crippen LogP contribution in [0.3, 0.4) is 0 Å². The molecule has 1 aliphatic heterocycles. The number of aromatic nitrogens is 1. The first kappa shape index (κ1) is 16.7. The first-order valence-electron chi connectivity index (χ1n) is 7.97. The van der Waals surface area contributed by atoms with Crippen LogP contribution in [0.1, 0.15) is 28.8 Å². The van der Waals surface area contributed by atoms with E-state index in [1.54, 1.807) is 12.3 Å². The molecule has 1 unspecified atom stereocenters. The van der Waals surface area contributed by atoms with Gasteiger partial charge in [-0.15, -0.1) is 0 Å². The average molecular weight is 347 g/mol. The van der Waals surface area contributed by atoms with Crippen LogP contribution in [-0.4, -0.2) is 29.7 Å². The van der Waals surface area contributed by atoms with Crippen LogP contribution in [-0.2, 0) is 11.3 Å². The van der Waals surface area contributed by atoms with Gasteiger partial charge in [0.1, 0.15) is 0 Å². The Hall–Kier alpha value is -2.11. The third kappa shape index (κ3) is 4.04. The first-order chi connectivity index (χ1) is 11.6. The van der Waals surface area contributed by atoms with Crippen molar-refractivity contribution in [1.29, 1.82) is 0 Å². The molecule has 1 aromatic carbocycles. The van der Waals surface area contributed by atoms with Gasteiger partial charge in [-0.1, -0.05) is 29.8 Å². The molecular weight excluding hydrogens is 328 g/mol. The predicted octanol–water partition coefficient (Wildman–Crippen LogP) is 2.46. The highest BCUT2D eigenvalue weighted by Crippen LogP contribution is 2.16. The van der Waals surface area contributed by atoms with E-state index in [0.29, 0.717) is 23.7 Å². The lowest BCUT2D eigenvalue weighted by atomic mass is 10.2. The average Bonchev–Trinajstić information content (AvgIpc) is 3.10. The van der Waals surface area contributed by atoms with Gasteiger partial charge < -0.3 is 14.6 Å². The van der Waals surface area contributed by atoms with Crippen LogP contribution >= 0.6 is 11.6 Å². The summed E-state index contributed by atoms with van der Waals surface area (Å²) in [5, 5.41) is 3.45. The molecule has 1 saturated heterocycles. The zero-order valence-electron chi connectivity index (χ0n) is 13.2. The zero-order chi connectivity index (χ0) is 16.9. The van der Waals surface area contributed by atoms with E-state index in [2.05, 4.69) is 5.32 Å². The van der Waals surface area contributed by atoms with Crippen molar-refractivity contribution in [3.63, 3.8) is 0 Å². The van der Waals surface area contributed by atoms with Crippen molar-refractivity contribution in [3.05, 3.63) is 69.1 Å². The van der Waals surface area contributed by atoms with E-state index in [4.69, 9.17) is 16.3 Å². The van der Waals surface area contributed by atoms with Crippen molar-refractivity contribution < 1.29 is 9.53 Å². The maximum Gasteiger partial charge on any atom is 0.252 e. The van der Waals surface area contributed by atoms with Crippen molar-refractivity contribution >= 4 is 17.5 Å². The normalized spacial score (nSPS) is 17.0. The topological polar surface area (TPSA) is 60.3 Å². The fourth-order valence-electron chi connectivity index (χ4n) is 2.71. The molecule has 1 aliphatic rings. The van der Waals surface area contributed by atoms with E-state index in [0.717, 1.165) is 25.0 Å². The molecule has 1 N–H and O–H groups in total. The van der Waals surface area contributed by atoms with Gasteiger partial charge in [0.05, 0.1) is 18.2 Å². The molecule has 126 valence electrons. The van der Waals surface area contributed by atoms with Crippen molar-refractivity contribution in [2.24, 2.45) is 0 Å². The lowest BCUT2D eigenvalue weighted by Gasteiger charge is -2.12. The minimum Gasteiger partial charge on any atom is -0.376 e. The third-order valence-electron chi connectivity index (χ3n) is 4.06. The standard InChI is InChI=1S/C18H19ClN2O3/c19-16-6-2-1-4-13(16)11-21-12-14(7-8-17(21)22)18(23)20-10-15-5-3-9-24-15/h1-2,4,6-8,12,15H,3,5,9-11H2,(H,20,23). The second-order valence-electron chi connectivity index (χ2n) is 5.82. The monoisotopic (exact) mass is 346 g/mol. The van der Waals surface area contributed by atoms with Crippen LogP contribution in [0.25, 0.3) is 0 Å². The lowest BCUT2D eigenvalue weighted by Crippen LogP contribution is -2.32. The summed E-state index contributed by atoms with van der Waals surface area (Å²) in [7, 11) is 0. The van der Waals surface area contributed by atoms with Crippen LogP contribution in [0, 0.1) is 0 Å². The summed E-state index contributed by atoms with van der Waals surface area (Å²) in [6, 6.07) is 10.3. The highest BCUT2D eigenvalue weighted by molar-refractivity contribution is 6.31. The predicted molar refractivity (Wildman–Crippen MR) is 92.6 cm³/mol.